The highest BCUT2D eigenvalue weighted by atomic mass is 79.9. The first kappa shape index (κ1) is 13.6. The molecule has 18 heavy (non-hydrogen) atoms. The summed E-state index contributed by atoms with van der Waals surface area (Å²) in [6.45, 7) is 2.09. The van der Waals surface area contributed by atoms with E-state index >= 15 is 0 Å². The molecule has 0 saturated carbocycles. The van der Waals surface area contributed by atoms with Crippen LogP contribution in [0.2, 0.25) is 0 Å². The molecule has 0 bridgehead atoms. The number of nitrogens with zero attached hydrogens (tertiary/aromatic N) is 4. The molecule has 2 rings (SSSR count). The summed E-state index contributed by atoms with van der Waals surface area (Å²) in [4.78, 5) is 1.02. The normalized spacial score (nSPS) is 12.9. The second kappa shape index (κ2) is 5.87. The van der Waals surface area contributed by atoms with Crippen LogP contribution >= 0.6 is 27.5 Å². The van der Waals surface area contributed by atoms with Crippen molar-refractivity contribution in [1.29, 1.82) is 0 Å². The number of hydrogen-bond donors (Lipinski definition) is 2. The Kier molecular flexibility index (Phi) is 4.44. The molecular weight excluding hydrogens is 316 g/mol. The van der Waals surface area contributed by atoms with Gasteiger partial charge in [-0.25, -0.2) is 0 Å². The number of aromatic nitrogens is 4. The number of nitrogens with one attached hydrogen (secondary N) is 1. The van der Waals surface area contributed by atoms with Crippen molar-refractivity contribution in [2.45, 2.75) is 25.8 Å². The van der Waals surface area contributed by atoms with Gasteiger partial charge in [0.25, 0.3) is 0 Å². The Balaban J connectivity index is 2.25. The third kappa shape index (κ3) is 2.61. The molecule has 0 aromatic carbocycles. The molecule has 0 aliphatic heterocycles. The molecule has 0 aliphatic rings. The molecule has 2 heterocycles. The zero-order valence-electron chi connectivity index (χ0n) is 10.2. The lowest BCUT2D eigenvalue weighted by Gasteiger charge is -2.13. The van der Waals surface area contributed by atoms with Gasteiger partial charge in [0, 0.05) is 13.5 Å². The molecule has 3 N–H and O–H groups in total. The summed E-state index contributed by atoms with van der Waals surface area (Å²) in [7, 11) is 1.94. The SMILES string of the molecule is CCc1nn(C)c(CC(NN)c2cnns2)c1Br. The summed E-state index contributed by atoms with van der Waals surface area (Å²) < 4.78 is 6.81. The van der Waals surface area contributed by atoms with Crippen molar-refractivity contribution in [3.05, 3.63) is 26.9 Å². The lowest BCUT2D eigenvalue weighted by Crippen LogP contribution is -2.29. The highest BCUT2D eigenvalue weighted by Gasteiger charge is 2.19. The van der Waals surface area contributed by atoms with Crippen LogP contribution in [-0.2, 0) is 19.9 Å². The van der Waals surface area contributed by atoms with Gasteiger partial charge in [0.15, 0.2) is 0 Å². The van der Waals surface area contributed by atoms with Crippen molar-refractivity contribution in [2.75, 3.05) is 0 Å². The van der Waals surface area contributed by atoms with E-state index in [0.717, 1.165) is 33.6 Å². The summed E-state index contributed by atoms with van der Waals surface area (Å²) in [6, 6.07) is 0.00130. The Hall–Kier alpha value is -0.830. The average molecular weight is 331 g/mol. The highest BCUT2D eigenvalue weighted by molar-refractivity contribution is 9.10. The summed E-state index contributed by atoms with van der Waals surface area (Å²) in [5.74, 6) is 5.61. The lowest BCUT2D eigenvalue weighted by atomic mass is 10.1. The minimum Gasteiger partial charge on any atom is -0.271 e. The van der Waals surface area contributed by atoms with Gasteiger partial charge in [-0.05, 0) is 33.9 Å². The maximum Gasteiger partial charge on any atom is 0.0766 e. The Bertz CT molecular complexity index is 509. The number of aryl methyl sites for hydroxylation is 2. The molecule has 1 unspecified atom stereocenters. The van der Waals surface area contributed by atoms with Crippen LogP contribution in [0, 0.1) is 0 Å². The first-order chi connectivity index (χ1) is 8.67. The maximum absolute atomic E-state index is 5.61. The molecule has 0 saturated heterocycles. The van der Waals surface area contributed by atoms with Crippen LogP contribution in [0.4, 0.5) is 0 Å². The van der Waals surface area contributed by atoms with Crippen LogP contribution in [0.5, 0.6) is 0 Å². The van der Waals surface area contributed by atoms with Crippen LogP contribution < -0.4 is 11.3 Å². The Morgan fingerprint density at radius 2 is 2.39 bits per heavy atom. The zero-order chi connectivity index (χ0) is 13.1. The number of hydrazine groups is 1. The fourth-order valence-electron chi connectivity index (χ4n) is 1.80. The average Bonchev–Trinajstić information content (AvgIpc) is 2.97. The Morgan fingerprint density at radius 3 is 2.89 bits per heavy atom. The second-order valence-corrected chi connectivity index (χ2v) is 5.54. The van der Waals surface area contributed by atoms with Gasteiger partial charge in [0.05, 0.1) is 33.0 Å². The first-order valence-corrected chi connectivity index (χ1v) is 7.17. The van der Waals surface area contributed by atoms with Crippen molar-refractivity contribution in [3.63, 3.8) is 0 Å². The molecule has 0 aliphatic carbocycles. The largest absolute Gasteiger partial charge is 0.271 e. The minimum absolute atomic E-state index is 0.00130. The monoisotopic (exact) mass is 330 g/mol. The van der Waals surface area contributed by atoms with Crippen LogP contribution in [0.15, 0.2) is 10.7 Å². The van der Waals surface area contributed by atoms with Gasteiger partial charge in [-0.2, -0.15) is 5.10 Å². The molecule has 0 spiro atoms. The third-order valence-corrected chi connectivity index (χ3v) is 4.52. The zero-order valence-corrected chi connectivity index (χ0v) is 12.6. The van der Waals surface area contributed by atoms with Crippen LogP contribution in [0.25, 0.3) is 0 Å². The first-order valence-electron chi connectivity index (χ1n) is 5.61. The van der Waals surface area contributed by atoms with E-state index in [1.54, 1.807) is 6.20 Å². The molecule has 98 valence electrons. The number of nitrogens with two attached hydrogens (primary N) is 1. The fraction of sp³-hybridized carbons (Fsp3) is 0.500. The standard InChI is InChI=1S/C10H15BrN6S/c1-3-6-10(11)8(17(2)15-6)4-7(14-12)9-5-13-16-18-9/h5,7,14H,3-4,12H2,1-2H3. The lowest BCUT2D eigenvalue weighted by molar-refractivity contribution is 0.535. The van der Waals surface area contributed by atoms with Crippen molar-refractivity contribution in [2.24, 2.45) is 12.9 Å². The van der Waals surface area contributed by atoms with Gasteiger partial charge >= 0.3 is 0 Å². The summed E-state index contributed by atoms with van der Waals surface area (Å²) in [5, 5.41) is 8.31. The van der Waals surface area contributed by atoms with Gasteiger partial charge in [-0.1, -0.05) is 11.4 Å². The van der Waals surface area contributed by atoms with Gasteiger partial charge in [-0.15, -0.1) is 5.10 Å². The number of rotatable bonds is 5. The number of hydrogen-bond acceptors (Lipinski definition) is 6. The molecule has 8 heteroatoms. The van der Waals surface area contributed by atoms with E-state index in [1.165, 1.54) is 11.5 Å². The maximum atomic E-state index is 5.61. The van der Waals surface area contributed by atoms with Crippen molar-refractivity contribution >= 4 is 27.5 Å². The number of halogens is 1. The van der Waals surface area contributed by atoms with E-state index in [-0.39, 0.29) is 6.04 Å². The van der Waals surface area contributed by atoms with E-state index in [2.05, 4.69) is 43.0 Å². The molecule has 0 amide bonds. The molecule has 0 fully saturated rings. The van der Waals surface area contributed by atoms with E-state index in [0.29, 0.717) is 0 Å². The smallest absolute Gasteiger partial charge is 0.0766 e. The molecule has 0 radical (unpaired) electrons. The molecule has 2 aromatic heterocycles. The van der Waals surface area contributed by atoms with Crippen LogP contribution in [-0.4, -0.2) is 19.4 Å². The van der Waals surface area contributed by atoms with E-state index in [9.17, 15) is 0 Å². The van der Waals surface area contributed by atoms with E-state index in [4.69, 9.17) is 5.84 Å². The van der Waals surface area contributed by atoms with Crippen LogP contribution in [0.1, 0.15) is 29.2 Å². The van der Waals surface area contributed by atoms with Crippen molar-refractivity contribution in [3.8, 4) is 0 Å². The topological polar surface area (TPSA) is 81.7 Å². The third-order valence-electron chi connectivity index (χ3n) is 2.82. The summed E-state index contributed by atoms with van der Waals surface area (Å²) >= 11 is 4.95. The predicted molar refractivity (Wildman–Crippen MR) is 74.0 cm³/mol. The van der Waals surface area contributed by atoms with Gasteiger partial charge < -0.3 is 0 Å². The van der Waals surface area contributed by atoms with E-state index < -0.39 is 0 Å². The molecule has 2 aromatic rings. The van der Waals surface area contributed by atoms with Crippen molar-refractivity contribution < 1.29 is 0 Å². The molecular formula is C10H15BrN6S. The second-order valence-electron chi connectivity index (χ2n) is 3.93. The van der Waals surface area contributed by atoms with Gasteiger partial charge in [0.2, 0.25) is 0 Å². The summed E-state index contributed by atoms with van der Waals surface area (Å²) in [6.07, 6.45) is 3.38. The summed E-state index contributed by atoms with van der Waals surface area (Å²) in [5.41, 5.74) is 4.98. The Morgan fingerprint density at radius 1 is 1.61 bits per heavy atom. The molecule has 1 atom stereocenters. The van der Waals surface area contributed by atoms with Gasteiger partial charge in [-0.3, -0.25) is 16.0 Å². The Labute approximate surface area is 118 Å². The highest BCUT2D eigenvalue weighted by Crippen LogP contribution is 2.27. The van der Waals surface area contributed by atoms with E-state index in [1.807, 2.05) is 11.7 Å². The minimum atomic E-state index is 0.00130. The van der Waals surface area contributed by atoms with Crippen LogP contribution in [0.3, 0.4) is 0 Å². The van der Waals surface area contributed by atoms with Crippen molar-refractivity contribution in [1.82, 2.24) is 24.8 Å². The van der Waals surface area contributed by atoms with Gasteiger partial charge in [0.1, 0.15) is 0 Å². The predicted octanol–water partition coefficient (Wildman–Crippen LogP) is 1.34. The quantitative estimate of drug-likeness (QED) is 0.638. The molecule has 6 nitrogen and oxygen atoms in total. The fourth-order valence-corrected chi connectivity index (χ4v) is 3.14.